The minimum Gasteiger partial charge on any atom is -0.466 e. The first-order valence-corrected chi connectivity index (χ1v) is 6.66. The number of rotatable bonds is 5. The summed E-state index contributed by atoms with van der Waals surface area (Å²) in [4.78, 5) is 23.4. The van der Waals surface area contributed by atoms with E-state index in [1.807, 2.05) is 6.92 Å². The number of nitrogens with zero attached hydrogens (tertiary/aromatic N) is 1. The SMILES string of the molecule is CCNC(=S)n1[nH]c(C)c(CCC(=O)OCC)c1=O. The van der Waals surface area contributed by atoms with Crippen molar-refractivity contribution in [2.45, 2.75) is 33.6 Å². The van der Waals surface area contributed by atoms with Crippen LogP contribution in [0.5, 0.6) is 0 Å². The van der Waals surface area contributed by atoms with Gasteiger partial charge in [0.2, 0.25) is 0 Å². The van der Waals surface area contributed by atoms with Crippen molar-refractivity contribution in [2.75, 3.05) is 13.2 Å². The number of hydrogen-bond donors (Lipinski definition) is 2. The molecular weight excluding hydrogens is 266 g/mol. The van der Waals surface area contributed by atoms with E-state index in [0.717, 1.165) is 5.69 Å². The van der Waals surface area contributed by atoms with Crippen LogP contribution < -0.4 is 10.9 Å². The number of carbonyl (C=O) groups is 1. The number of nitrogens with one attached hydrogen (secondary N) is 2. The summed E-state index contributed by atoms with van der Waals surface area (Å²) in [5.41, 5.74) is 1.07. The Kier molecular flexibility index (Phi) is 5.75. The van der Waals surface area contributed by atoms with E-state index in [2.05, 4.69) is 10.4 Å². The first-order chi connectivity index (χ1) is 9.01. The van der Waals surface area contributed by atoms with E-state index < -0.39 is 0 Å². The number of aryl methyl sites for hydroxylation is 1. The Morgan fingerprint density at radius 3 is 2.74 bits per heavy atom. The summed E-state index contributed by atoms with van der Waals surface area (Å²) in [5, 5.41) is 6.13. The largest absolute Gasteiger partial charge is 0.466 e. The Morgan fingerprint density at radius 1 is 1.47 bits per heavy atom. The van der Waals surface area contributed by atoms with Crippen molar-refractivity contribution < 1.29 is 9.53 Å². The van der Waals surface area contributed by atoms with Crippen LogP contribution in [0.4, 0.5) is 0 Å². The van der Waals surface area contributed by atoms with Crippen molar-refractivity contribution >= 4 is 23.3 Å². The molecule has 0 fully saturated rings. The van der Waals surface area contributed by atoms with E-state index in [1.165, 1.54) is 4.68 Å². The van der Waals surface area contributed by atoms with Crippen molar-refractivity contribution in [3.63, 3.8) is 0 Å². The smallest absolute Gasteiger partial charge is 0.306 e. The number of esters is 1. The van der Waals surface area contributed by atoms with E-state index >= 15 is 0 Å². The van der Waals surface area contributed by atoms with Crippen LogP contribution in [-0.2, 0) is 16.0 Å². The van der Waals surface area contributed by atoms with Crippen LogP contribution in [0.15, 0.2) is 4.79 Å². The molecule has 0 unspecified atom stereocenters. The number of ether oxygens (including phenoxy) is 1. The second-order valence-electron chi connectivity index (χ2n) is 4.00. The van der Waals surface area contributed by atoms with Gasteiger partial charge in [-0.1, -0.05) is 0 Å². The lowest BCUT2D eigenvalue weighted by Gasteiger charge is -2.03. The van der Waals surface area contributed by atoms with Gasteiger partial charge < -0.3 is 10.1 Å². The standard InChI is InChI=1S/C12H19N3O3S/c1-4-13-12(19)15-11(17)9(8(3)14-15)6-7-10(16)18-5-2/h14H,4-7H2,1-3H3,(H,13,19). The highest BCUT2D eigenvalue weighted by molar-refractivity contribution is 7.80. The zero-order valence-corrected chi connectivity index (χ0v) is 12.2. The molecule has 2 N–H and O–H groups in total. The monoisotopic (exact) mass is 285 g/mol. The van der Waals surface area contributed by atoms with Crippen LogP contribution in [0.2, 0.25) is 0 Å². The summed E-state index contributed by atoms with van der Waals surface area (Å²) < 4.78 is 6.13. The molecule has 7 heteroatoms. The lowest BCUT2D eigenvalue weighted by atomic mass is 10.1. The number of carbonyl (C=O) groups excluding carboxylic acids is 1. The topological polar surface area (TPSA) is 76.1 Å². The second-order valence-corrected chi connectivity index (χ2v) is 4.38. The van der Waals surface area contributed by atoms with Gasteiger partial charge in [0.1, 0.15) is 0 Å². The summed E-state index contributed by atoms with van der Waals surface area (Å²) >= 11 is 5.09. The summed E-state index contributed by atoms with van der Waals surface area (Å²) in [6, 6.07) is 0. The molecule has 106 valence electrons. The van der Waals surface area contributed by atoms with Crippen LogP contribution in [-0.4, -0.2) is 34.0 Å². The first-order valence-electron chi connectivity index (χ1n) is 6.25. The van der Waals surface area contributed by atoms with Gasteiger partial charge >= 0.3 is 5.97 Å². The number of aromatic amines is 1. The Morgan fingerprint density at radius 2 is 2.16 bits per heavy atom. The summed E-state index contributed by atoms with van der Waals surface area (Å²) in [5.74, 6) is -0.302. The molecule has 19 heavy (non-hydrogen) atoms. The highest BCUT2D eigenvalue weighted by Crippen LogP contribution is 2.04. The van der Waals surface area contributed by atoms with Crippen LogP contribution >= 0.6 is 12.2 Å². The van der Waals surface area contributed by atoms with Crippen LogP contribution in [0.3, 0.4) is 0 Å². The van der Waals surface area contributed by atoms with Crippen LogP contribution in [0.25, 0.3) is 0 Å². The van der Waals surface area contributed by atoms with Gasteiger partial charge in [-0.3, -0.25) is 14.7 Å². The maximum atomic E-state index is 12.1. The number of H-pyrrole nitrogens is 1. The van der Waals surface area contributed by atoms with E-state index in [4.69, 9.17) is 17.0 Å². The first kappa shape index (κ1) is 15.4. The molecule has 0 aliphatic rings. The fraction of sp³-hybridized carbons (Fsp3) is 0.583. The molecule has 0 saturated carbocycles. The third-order valence-corrected chi connectivity index (χ3v) is 2.94. The van der Waals surface area contributed by atoms with E-state index in [9.17, 15) is 9.59 Å². The van der Waals surface area contributed by atoms with Crippen molar-refractivity contribution in [3.05, 3.63) is 21.6 Å². The lowest BCUT2D eigenvalue weighted by Crippen LogP contribution is -2.35. The average Bonchev–Trinajstić information content (AvgIpc) is 2.63. The summed E-state index contributed by atoms with van der Waals surface area (Å²) in [6.45, 7) is 6.42. The van der Waals surface area contributed by atoms with E-state index in [1.54, 1.807) is 13.8 Å². The van der Waals surface area contributed by atoms with Gasteiger partial charge in [-0.2, -0.15) is 4.68 Å². The molecule has 1 rings (SSSR count). The predicted octanol–water partition coefficient (Wildman–Crippen LogP) is 0.723. The molecule has 1 aromatic rings. The summed E-state index contributed by atoms with van der Waals surface area (Å²) in [7, 11) is 0. The molecule has 0 aliphatic heterocycles. The quantitative estimate of drug-likeness (QED) is 0.616. The zero-order chi connectivity index (χ0) is 14.4. The molecule has 0 radical (unpaired) electrons. The zero-order valence-electron chi connectivity index (χ0n) is 11.4. The highest BCUT2D eigenvalue weighted by atomic mass is 32.1. The van der Waals surface area contributed by atoms with Gasteiger partial charge in [0.15, 0.2) is 5.11 Å². The van der Waals surface area contributed by atoms with Gasteiger partial charge in [0.05, 0.1) is 6.61 Å². The van der Waals surface area contributed by atoms with E-state index in [-0.39, 0.29) is 17.9 Å². The molecule has 1 aromatic heterocycles. The minimum atomic E-state index is -0.302. The molecule has 1 heterocycles. The van der Waals surface area contributed by atoms with Gasteiger partial charge in [-0.25, -0.2) is 0 Å². The molecule has 6 nitrogen and oxygen atoms in total. The Labute approximate surface area is 117 Å². The van der Waals surface area contributed by atoms with Crippen LogP contribution in [0.1, 0.15) is 31.5 Å². The molecule has 0 aromatic carbocycles. The Balaban J connectivity index is 2.83. The number of hydrogen-bond acceptors (Lipinski definition) is 4. The van der Waals surface area contributed by atoms with Crippen molar-refractivity contribution in [1.82, 2.24) is 15.1 Å². The van der Waals surface area contributed by atoms with Crippen molar-refractivity contribution in [3.8, 4) is 0 Å². The maximum Gasteiger partial charge on any atom is 0.306 e. The van der Waals surface area contributed by atoms with Gasteiger partial charge in [0.25, 0.3) is 5.56 Å². The second kappa shape index (κ2) is 7.08. The summed E-state index contributed by atoms with van der Waals surface area (Å²) in [6.07, 6.45) is 0.539. The van der Waals surface area contributed by atoms with Crippen LogP contribution in [0, 0.1) is 6.92 Å². The number of thiocarbonyl (C=S) groups is 1. The Hall–Kier alpha value is -1.63. The van der Waals surface area contributed by atoms with E-state index in [0.29, 0.717) is 30.2 Å². The molecule has 0 spiro atoms. The molecule has 0 aliphatic carbocycles. The highest BCUT2D eigenvalue weighted by Gasteiger charge is 2.15. The van der Waals surface area contributed by atoms with Crippen molar-refractivity contribution in [1.29, 1.82) is 0 Å². The average molecular weight is 285 g/mol. The molecular formula is C12H19N3O3S. The predicted molar refractivity (Wildman–Crippen MR) is 76.4 cm³/mol. The fourth-order valence-corrected chi connectivity index (χ4v) is 1.98. The fourth-order valence-electron chi connectivity index (χ4n) is 1.71. The molecule has 0 saturated heterocycles. The van der Waals surface area contributed by atoms with Crippen molar-refractivity contribution in [2.24, 2.45) is 0 Å². The maximum absolute atomic E-state index is 12.1. The third-order valence-electron chi connectivity index (χ3n) is 2.61. The normalized spacial score (nSPS) is 10.3. The Bertz CT molecular complexity index is 519. The van der Waals surface area contributed by atoms with Gasteiger partial charge in [0, 0.05) is 24.2 Å². The molecule has 0 amide bonds. The minimum absolute atomic E-state index is 0.190. The third kappa shape index (κ3) is 3.92. The van der Waals surface area contributed by atoms with Gasteiger partial charge in [-0.05, 0) is 39.4 Å². The molecule has 0 atom stereocenters. The van der Waals surface area contributed by atoms with Gasteiger partial charge in [-0.15, -0.1) is 0 Å². The number of aromatic nitrogens is 2. The molecule has 0 bridgehead atoms. The lowest BCUT2D eigenvalue weighted by molar-refractivity contribution is -0.143.